The van der Waals surface area contributed by atoms with Crippen molar-refractivity contribution in [2.45, 2.75) is 0 Å². The van der Waals surface area contributed by atoms with Crippen molar-refractivity contribution in [3.63, 3.8) is 0 Å². The standard InChI is InChI=1S/C11H10ClN3O2/c1-16-7-4-3-5-13-8(7)9-10(17-2)11(12)15-6-14-9/h3-6H,1-2H3. The van der Waals surface area contributed by atoms with Gasteiger partial charge in [-0.3, -0.25) is 4.98 Å². The number of halogens is 1. The summed E-state index contributed by atoms with van der Waals surface area (Å²) in [6.07, 6.45) is 3.00. The molecule has 2 aromatic rings. The zero-order chi connectivity index (χ0) is 12.3. The van der Waals surface area contributed by atoms with Gasteiger partial charge in [0.2, 0.25) is 0 Å². The number of aromatic nitrogens is 3. The van der Waals surface area contributed by atoms with Crippen LogP contribution in [0.3, 0.4) is 0 Å². The number of ether oxygens (including phenoxy) is 2. The van der Waals surface area contributed by atoms with E-state index in [1.54, 1.807) is 25.4 Å². The number of methoxy groups -OCH3 is 2. The molecule has 0 N–H and O–H groups in total. The molecule has 17 heavy (non-hydrogen) atoms. The van der Waals surface area contributed by atoms with Gasteiger partial charge in [-0.05, 0) is 12.1 Å². The van der Waals surface area contributed by atoms with Crippen LogP contribution < -0.4 is 9.47 Å². The van der Waals surface area contributed by atoms with Gasteiger partial charge in [-0.25, -0.2) is 9.97 Å². The Morgan fingerprint density at radius 2 is 1.88 bits per heavy atom. The molecule has 0 amide bonds. The van der Waals surface area contributed by atoms with Crippen LogP contribution in [-0.4, -0.2) is 29.2 Å². The Kier molecular flexibility index (Phi) is 3.39. The summed E-state index contributed by atoms with van der Waals surface area (Å²) >= 11 is 5.93. The van der Waals surface area contributed by atoms with Crippen LogP contribution in [-0.2, 0) is 0 Å². The largest absolute Gasteiger partial charge is 0.494 e. The molecule has 88 valence electrons. The molecule has 0 unspecified atom stereocenters. The fourth-order valence-corrected chi connectivity index (χ4v) is 1.65. The van der Waals surface area contributed by atoms with Crippen molar-refractivity contribution in [1.82, 2.24) is 15.0 Å². The topological polar surface area (TPSA) is 57.1 Å². The Hall–Kier alpha value is -1.88. The summed E-state index contributed by atoms with van der Waals surface area (Å²) < 4.78 is 10.4. The van der Waals surface area contributed by atoms with E-state index in [1.807, 2.05) is 0 Å². The molecule has 0 fully saturated rings. The van der Waals surface area contributed by atoms with Gasteiger partial charge in [0.15, 0.2) is 10.9 Å². The maximum absolute atomic E-state index is 5.93. The van der Waals surface area contributed by atoms with Gasteiger partial charge in [-0.2, -0.15) is 0 Å². The fourth-order valence-electron chi connectivity index (χ4n) is 1.43. The summed E-state index contributed by atoms with van der Waals surface area (Å²) in [6, 6.07) is 3.56. The van der Waals surface area contributed by atoms with Gasteiger partial charge in [-0.15, -0.1) is 0 Å². The van der Waals surface area contributed by atoms with Crippen LogP contribution in [0.5, 0.6) is 11.5 Å². The lowest BCUT2D eigenvalue weighted by Gasteiger charge is -2.10. The molecular formula is C11H10ClN3O2. The molecule has 6 heteroatoms. The first-order chi connectivity index (χ1) is 8.27. The molecule has 0 spiro atoms. The van der Waals surface area contributed by atoms with Crippen molar-refractivity contribution in [3.8, 4) is 22.9 Å². The number of rotatable bonds is 3. The molecule has 0 radical (unpaired) electrons. The van der Waals surface area contributed by atoms with E-state index < -0.39 is 0 Å². The Morgan fingerprint density at radius 1 is 1.06 bits per heavy atom. The maximum Gasteiger partial charge on any atom is 0.184 e. The predicted molar refractivity (Wildman–Crippen MR) is 63.4 cm³/mol. The van der Waals surface area contributed by atoms with Crippen LogP contribution in [0.2, 0.25) is 5.15 Å². The highest BCUT2D eigenvalue weighted by molar-refractivity contribution is 6.31. The average Bonchev–Trinajstić information content (AvgIpc) is 2.38. The van der Waals surface area contributed by atoms with Crippen molar-refractivity contribution in [3.05, 3.63) is 29.8 Å². The van der Waals surface area contributed by atoms with E-state index in [9.17, 15) is 0 Å². The molecule has 2 heterocycles. The first kappa shape index (κ1) is 11.6. The van der Waals surface area contributed by atoms with Gasteiger partial charge < -0.3 is 9.47 Å². The monoisotopic (exact) mass is 251 g/mol. The summed E-state index contributed by atoms with van der Waals surface area (Å²) in [4.78, 5) is 12.2. The second-order valence-electron chi connectivity index (χ2n) is 3.10. The van der Waals surface area contributed by atoms with Gasteiger partial charge in [0.25, 0.3) is 0 Å². The van der Waals surface area contributed by atoms with Crippen molar-refractivity contribution in [2.24, 2.45) is 0 Å². The van der Waals surface area contributed by atoms with Crippen LogP contribution in [0.25, 0.3) is 11.4 Å². The van der Waals surface area contributed by atoms with Crippen molar-refractivity contribution >= 4 is 11.6 Å². The lowest BCUT2D eigenvalue weighted by Crippen LogP contribution is -1.98. The summed E-state index contributed by atoms with van der Waals surface area (Å²) in [5.41, 5.74) is 1.07. The molecule has 0 aromatic carbocycles. The van der Waals surface area contributed by atoms with Crippen LogP contribution in [0.4, 0.5) is 0 Å². The van der Waals surface area contributed by atoms with E-state index in [4.69, 9.17) is 21.1 Å². The lowest BCUT2D eigenvalue weighted by atomic mass is 10.2. The predicted octanol–water partition coefficient (Wildman–Crippen LogP) is 2.21. The SMILES string of the molecule is COc1cccnc1-c1ncnc(Cl)c1OC. The minimum atomic E-state index is 0.241. The highest BCUT2D eigenvalue weighted by Gasteiger charge is 2.16. The second kappa shape index (κ2) is 4.97. The van der Waals surface area contributed by atoms with E-state index >= 15 is 0 Å². The Morgan fingerprint density at radius 3 is 2.59 bits per heavy atom. The van der Waals surface area contributed by atoms with E-state index in [0.717, 1.165) is 0 Å². The molecule has 0 aliphatic heterocycles. The van der Waals surface area contributed by atoms with Crippen LogP contribution in [0.15, 0.2) is 24.7 Å². The second-order valence-corrected chi connectivity index (χ2v) is 3.46. The zero-order valence-electron chi connectivity index (χ0n) is 9.35. The van der Waals surface area contributed by atoms with E-state index in [-0.39, 0.29) is 5.15 Å². The average molecular weight is 252 g/mol. The van der Waals surface area contributed by atoms with Crippen molar-refractivity contribution in [2.75, 3.05) is 14.2 Å². The molecule has 0 saturated heterocycles. The Bertz CT molecular complexity index is 534. The molecule has 2 rings (SSSR count). The Labute approximate surface area is 103 Å². The zero-order valence-corrected chi connectivity index (χ0v) is 10.1. The van der Waals surface area contributed by atoms with Gasteiger partial charge >= 0.3 is 0 Å². The van der Waals surface area contributed by atoms with Gasteiger partial charge in [-0.1, -0.05) is 11.6 Å². The summed E-state index contributed by atoms with van der Waals surface area (Å²) in [7, 11) is 3.07. The molecule has 0 saturated carbocycles. The number of pyridine rings is 1. The molecule has 5 nitrogen and oxygen atoms in total. The molecule has 0 bridgehead atoms. The van der Waals surface area contributed by atoms with Gasteiger partial charge in [0.1, 0.15) is 23.5 Å². The summed E-state index contributed by atoms with van der Waals surface area (Å²) in [5, 5.41) is 0.241. The molecule has 0 aliphatic carbocycles. The van der Waals surface area contributed by atoms with E-state index in [1.165, 1.54) is 13.4 Å². The Balaban J connectivity index is 2.64. The van der Waals surface area contributed by atoms with Crippen molar-refractivity contribution < 1.29 is 9.47 Å². The minimum Gasteiger partial charge on any atom is -0.494 e. The lowest BCUT2D eigenvalue weighted by molar-refractivity contribution is 0.406. The maximum atomic E-state index is 5.93. The van der Waals surface area contributed by atoms with E-state index in [0.29, 0.717) is 22.9 Å². The third-order valence-electron chi connectivity index (χ3n) is 2.18. The quantitative estimate of drug-likeness (QED) is 0.783. The fraction of sp³-hybridized carbons (Fsp3) is 0.182. The van der Waals surface area contributed by atoms with E-state index in [2.05, 4.69) is 15.0 Å². The van der Waals surface area contributed by atoms with Gasteiger partial charge in [0.05, 0.1) is 14.2 Å². The molecule has 0 atom stereocenters. The highest BCUT2D eigenvalue weighted by Crippen LogP contribution is 2.35. The highest BCUT2D eigenvalue weighted by atomic mass is 35.5. The number of hydrogen-bond acceptors (Lipinski definition) is 5. The molecular weight excluding hydrogens is 242 g/mol. The third kappa shape index (κ3) is 2.14. The van der Waals surface area contributed by atoms with Gasteiger partial charge in [0, 0.05) is 6.20 Å². The smallest absolute Gasteiger partial charge is 0.184 e. The molecule has 2 aromatic heterocycles. The van der Waals surface area contributed by atoms with Crippen LogP contribution in [0, 0.1) is 0 Å². The minimum absolute atomic E-state index is 0.241. The van der Waals surface area contributed by atoms with Crippen molar-refractivity contribution in [1.29, 1.82) is 0 Å². The summed E-state index contributed by atoms with van der Waals surface area (Å²) in [6.45, 7) is 0. The first-order valence-corrected chi connectivity index (χ1v) is 5.19. The van der Waals surface area contributed by atoms with Crippen LogP contribution >= 0.6 is 11.6 Å². The first-order valence-electron chi connectivity index (χ1n) is 4.81. The summed E-state index contributed by atoms with van der Waals surface area (Å²) in [5.74, 6) is 0.978. The molecule has 0 aliphatic rings. The normalized spacial score (nSPS) is 10.1. The van der Waals surface area contributed by atoms with Crippen LogP contribution in [0.1, 0.15) is 0 Å². The third-order valence-corrected chi connectivity index (χ3v) is 2.45. The number of hydrogen-bond donors (Lipinski definition) is 0. The number of nitrogens with zero attached hydrogens (tertiary/aromatic N) is 3.